The number of carbonyl (C=O) groups is 3. The summed E-state index contributed by atoms with van der Waals surface area (Å²) in [6.45, 7) is 9.10. The predicted octanol–water partition coefficient (Wildman–Crippen LogP) is 1.17. The van der Waals surface area contributed by atoms with Gasteiger partial charge in [0.15, 0.2) is 5.82 Å². The third-order valence-electron chi connectivity index (χ3n) is 4.37. The van der Waals surface area contributed by atoms with E-state index in [1.54, 1.807) is 17.9 Å². The first-order chi connectivity index (χ1) is 12.2. The molecular formula is C17H24N4O5. The molecule has 2 aliphatic heterocycles. The fourth-order valence-corrected chi connectivity index (χ4v) is 3.14. The van der Waals surface area contributed by atoms with Crippen molar-refractivity contribution in [3.63, 3.8) is 0 Å². The van der Waals surface area contributed by atoms with Crippen LogP contribution in [-0.2, 0) is 14.3 Å². The van der Waals surface area contributed by atoms with Crippen LogP contribution >= 0.6 is 0 Å². The zero-order valence-corrected chi connectivity index (χ0v) is 15.5. The molecule has 1 atom stereocenters. The summed E-state index contributed by atoms with van der Waals surface area (Å²) in [6.07, 6.45) is -0.248. The molecule has 0 aromatic carbocycles. The highest BCUT2D eigenvalue weighted by Gasteiger charge is 2.44. The lowest BCUT2D eigenvalue weighted by Gasteiger charge is -2.37. The van der Waals surface area contributed by atoms with E-state index in [4.69, 9.17) is 9.26 Å². The van der Waals surface area contributed by atoms with Gasteiger partial charge in [0.2, 0.25) is 5.91 Å². The van der Waals surface area contributed by atoms with E-state index in [2.05, 4.69) is 5.16 Å². The second kappa shape index (κ2) is 6.71. The van der Waals surface area contributed by atoms with Gasteiger partial charge in [0.05, 0.1) is 12.5 Å². The Labute approximate surface area is 151 Å². The quantitative estimate of drug-likeness (QED) is 0.727. The average molecular weight is 364 g/mol. The molecule has 142 valence electrons. The van der Waals surface area contributed by atoms with E-state index in [-0.39, 0.29) is 30.1 Å². The summed E-state index contributed by atoms with van der Waals surface area (Å²) in [7, 11) is 0. The fraction of sp³-hybridized carbons (Fsp3) is 0.647. The van der Waals surface area contributed by atoms with Gasteiger partial charge < -0.3 is 14.2 Å². The highest BCUT2D eigenvalue weighted by atomic mass is 16.6. The Bertz CT molecular complexity index is 715. The van der Waals surface area contributed by atoms with Crippen LogP contribution in [0.4, 0.5) is 10.6 Å². The fourth-order valence-electron chi connectivity index (χ4n) is 3.14. The number of hydrogen-bond acceptors (Lipinski definition) is 7. The van der Waals surface area contributed by atoms with E-state index in [9.17, 15) is 14.4 Å². The molecular weight excluding hydrogens is 340 g/mol. The lowest BCUT2D eigenvalue weighted by atomic mass is 10.1. The maximum Gasteiger partial charge on any atom is 0.410 e. The van der Waals surface area contributed by atoms with Crippen molar-refractivity contribution < 1.29 is 23.6 Å². The molecule has 9 heteroatoms. The summed E-state index contributed by atoms with van der Waals surface area (Å²) in [5.41, 5.74) is -0.543. The minimum Gasteiger partial charge on any atom is -0.444 e. The van der Waals surface area contributed by atoms with E-state index in [0.717, 1.165) is 4.90 Å². The number of imide groups is 1. The number of ether oxygens (including phenoxy) is 1. The van der Waals surface area contributed by atoms with Crippen molar-refractivity contribution in [1.82, 2.24) is 15.0 Å². The zero-order chi connectivity index (χ0) is 19.1. The second-order valence-corrected chi connectivity index (χ2v) is 7.59. The van der Waals surface area contributed by atoms with E-state index in [1.807, 2.05) is 25.7 Å². The molecule has 2 fully saturated rings. The third-order valence-corrected chi connectivity index (χ3v) is 4.37. The molecule has 3 heterocycles. The molecule has 0 saturated carbocycles. The lowest BCUT2D eigenvalue weighted by Crippen LogP contribution is -2.54. The van der Waals surface area contributed by atoms with Crippen molar-refractivity contribution >= 4 is 23.7 Å². The average Bonchev–Trinajstić information content (AvgIpc) is 3.09. The number of hydrogen-bond donors (Lipinski definition) is 0. The Morgan fingerprint density at radius 3 is 2.42 bits per heavy atom. The molecule has 26 heavy (non-hydrogen) atoms. The van der Waals surface area contributed by atoms with Gasteiger partial charge in [0.1, 0.15) is 11.4 Å². The van der Waals surface area contributed by atoms with Crippen LogP contribution in [-0.4, -0.2) is 70.7 Å². The molecule has 0 bridgehead atoms. The van der Waals surface area contributed by atoms with Gasteiger partial charge in [-0.2, -0.15) is 0 Å². The normalized spacial score (nSPS) is 22.2. The van der Waals surface area contributed by atoms with Crippen LogP contribution < -0.4 is 4.90 Å². The zero-order valence-electron chi connectivity index (χ0n) is 15.5. The number of carbonyl (C=O) groups excluding carboxylic acids is 3. The largest absolute Gasteiger partial charge is 0.444 e. The van der Waals surface area contributed by atoms with Gasteiger partial charge in [-0.15, -0.1) is 0 Å². The molecule has 9 nitrogen and oxygen atoms in total. The highest BCUT2D eigenvalue weighted by Crippen LogP contribution is 2.26. The van der Waals surface area contributed by atoms with Crippen LogP contribution in [0.15, 0.2) is 10.6 Å². The Balaban J connectivity index is 1.61. The smallest absolute Gasteiger partial charge is 0.410 e. The summed E-state index contributed by atoms with van der Waals surface area (Å²) in [4.78, 5) is 41.8. The first-order valence-corrected chi connectivity index (χ1v) is 8.68. The Hall–Kier alpha value is -2.42. The maximum atomic E-state index is 12.7. The van der Waals surface area contributed by atoms with Crippen LogP contribution in [0.3, 0.4) is 0 Å². The molecule has 0 N–H and O–H groups in total. The van der Waals surface area contributed by atoms with Gasteiger partial charge >= 0.3 is 6.09 Å². The summed E-state index contributed by atoms with van der Waals surface area (Å²) < 4.78 is 10.3. The van der Waals surface area contributed by atoms with Gasteiger partial charge in [-0.1, -0.05) is 5.16 Å². The molecule has 0 spiro atoms. The molecule has 3 amide bonds. The number of aromatic nitrogens is 1. The number of aryl methyl sites for hydroxylation is 1. The molecule has 0 aliphatic carbocycles. The third kappa shape index (κ3) is 3.72. The van der Waals surface area contributed by atoms with E-state index in [1.165, 1.54) is 0 Å². The summed E-state index contributed by atoms with van der Waals surface area (Å²) >= 11 is 0. The van der Waals surface area contributed by atoms with Gasteiger partial charge in [0.25, 0.3) is 5.91 Å². The Kier molecular flexibility index (Phi) is 4.74. The van der Waals surface area contributed by atoms with Gasteiger partial charge in [0, 0.05) is 32.2 Å². The van der Waals surface area contributed by atoms with Crippen molar-refractivity contribution in [2.45, 2.75) is 45.8 Å². The van der Waals surface area contributed by atoms with E-state index in [0.29, 0.717) is 31.9 Å². The van der Waals surface area contributed by atoms with Crippen molar-refractivity contribution in [2.24, 2.45) is 0 Å². The molecule has 2 saturated heterocycles. The van der Waals surface area contributed by atoms with Crippen LogP contribution in [0, 0.1) is 6.92 Å². The van der Waals surface area contributed by atoms with Gasteiger partial charge in [-0.25, -0.2) is 9.69 Å². The topological polar surface area (TPSA) is 96.2 Å². The van der Waals surface area contributed by atoms with Crippen LogP contribution in [0.2, 0.25) is 0 Å². The monoisotopic (exact) mass is 364 g/mol. The van der Waals surface area contributed by atoms with E-state index >= 15 is 0 Å². The first-order valence-electron chi connectivity index (χ1n) is 8.68. The molecule has 2 aliphatic rings. The number of rotatable bonds is 2. The molecule has 1 aromatic rings. The summed E-state index contributed by atoms with van der Waals surface area (Å²) in [6, 6.07) is 1.04. The standard InChI is InChI=1S/C17H24N4O5/c1-11-9-13(18-26-11)21-14(22)10-12(15(21)23)19-5-7-20(8-6-19)16(24)25-17(2,3)4/h9,12H,5-8,10H2,1-4H3/t12-/m1/s1. The van der Waals surface area contributed by atoms with Crippen LogP contribution in [0.25, 0.3) is 0 Å². The van der Waals surface area contributed by atoms with Crippen molar-refractivity contribution in [3.8, 4) is 0 Å². The molecule has 3 rings (SSSR count). The van der Waals surface area contributed by atoms with Gasteiger partial charge in [-0.05, 0) is 27.7 Å². The minimum absolute atomic E-state index is 0.108. The number of nitrogens with zero attached hydrogens (tertiary/aromatic N) is 4. The first kappa shape index (κ1) is 18.4. The second-order valence-electron chi connectivity index (χ2n) is 7.59. The van der Waals surface area contributed by atoms with Crippen molar-refractivity contribution in [3.05, 3.63) is 11.8 Å². The van der Waals surface area contributed by atoms with Crippen LogP contribution in [0.1, 0.15) is 33.0 Å². The summed E-state index contributed by atoms with van der Waals surface area (Å²) in [5.74, 6) is 0.180. The lowest BCUT2D eigenvalue weighted by molar-refractivity contribution is -0.123. The van der Waals surface area contributed by atoms with E-state index < -0.39 is 11.6 Å². The summed E-state index contributed by atoms with van der Waals surface area (Å²) in [5, 5.41) is 3.77. The van der Waals surface area contributed by atoms with Crippen LogP contribution in [0.5, 0.6) is 0 Å². The Morgan fingerprint density at radius 2 is 1.88 bits per heavy atom. The number of piperazine rings is 1. The highest BCUT2D eigenvalue weighted by molar-refractivity contribution is 6.21. The number of amides is 3. The molecule has 0 radical (unpaired) electrons. The van der Waals surface area contributed by atoms with Crippen molar-refractivity contribution in [2.75, 3.05) is 31.1 Å². The number of anilines is 1. The van der Waals surface area contributed by atoms with Crippen molar-refractivity contribution in [1.29, 1.82) is 0 Å². The van der Waals surface area contributed by atoms with Gasteiger partial charge in [-0.3, -0.25) is 14.5 Å². The minimum atomic E-state index is -0.543. The Morgan fingerprint density at radius 1 is 1.23 bits per heavy atom. The molecule has 0 unspecified atom stereocenters. The maximum absolute atomic E-state index is 12.7. The molecule has 1 aromatic heterocycles. The SMILES string of the molecule is Cc1cc(N2C(=O)C[C@@H](N3CCN(C(=O)OC(C)(C)C)CC3)C2=O)no1. The predicted molar refractivity (Wildman–Crippen MR) is 91.5 cm³/mol.